The molecule has 2 rings (SSSR count). The van der Waals surface area contributed by atoms with E-state index in [9.17, 15) is 5.21 Å². The lowest BCUT2D eigenvalue weighted by atomic mass is 10.3. The molecule has 0 bridgehead atoms. The standard InChI is InChI=1S/C9H12N3O3/c13-12(14)7-1-2-9(11-5-7)15-8-3-4-10-6-8/h1-2,5,8,10,13H,3-4,6H2/q-1/t8-/m1/s1. The zero-order valence-corrected chi connectivity index (χ0v) is 8.09. The average molecular weight is 210 g/mol. The van der Waals surface area contributed by atoms with E-state index in [1.54, 1.807) is 6.07 Å². The number of pyridine rings is 1. The summed E-state index contributed by atoms with van der Waals surface area (Å²) in [5.41, 5.74) is 0.0897. The minimum Gasteiger partial charge on any atom is -0.733 e. The lowest BCUT2D eigenvalue weighted by molar-refractivity contribution is 0.214. The van der Waals surface area contributed by atoms with E-state index in [2.05, 4.69) is 10.3 Å². The third kappa shape index (κ3) is 2.56. The fourth-order valence-electron chi connectivity index (χ4n) is 1.45. The molecule has 1 aromatic rings. The van der Waals surface area contributed by atoms with E-state index in [1.165, 1.54) is 12.3 Å². The van der Waals surface area contributed by atoms with Gasteiger partial charge in [0.05, 0.1) is 11.9 Å². The van der Waals surface area contributed by atoms with Gasteiger partial charge in [-0.2, -0.15) is 0 Å². The highest BCUT2D eigenvalue weighted by molar-refractivity contribution is 5.42. The maximum atomic E-state index is 10.5. The van der Waals surface area contributed by atoms with Crippen LogP contribution >= 0.6 is 0 Å². The zero-order valence-electron chi connectivity index (χ0n) is 8.09. The van der Waals surface area contributed by atoms with E-state index < -0.39 is 0 Å². The maximum Gasteiger partial charge on any atom is 0.213 e. The minimum atomic E-state index is -0.228. The quantitative estimate of drug-likeness (QED) is 0.708. The lowest BCUT2D eigenvalue weighted by Crippen LogP contribution is -2.20. The summed E-state index contributed by atoms with van der Waals surface area (Å²) in [6.07, 6.45) is 2.36. The van der Waals surface area contributed by atoms with Crippen molar-refractivity contribution >= 4 is 5.69 Å². The second-order valence-corrected chi connectivity index (χ2v) is 3.36. The molecule has 0 unspecified atom stereocenters. The number of aromatic nitrogens is 1. The van der Waals surface area contributed by atoms with E-state index >= 15 is 0 Å². The molecule has 0 aromatic carbocycles. The molecule has 1 atom stereocenters. The second-order valence-electron chi connectivity index (χ2n) is 3.36. The van der Waals surface area contributed by atoms with Gasteiger partial charge in [0.1, 0.15) is 6.10 Å². The van der Waals surface area contributed by atoms with Gasteiger partial charge < -0.3 is 20.5 Å². The van der Waals surface area contributed by atoms with Gasteiger partial charge in [0.15, 0.2) is 0 Å². The Morgan fingerprint density at radius 2 is 2.47 bits per heavy atom. The number of rotatable bonds is 3. The zero-order chi connectivity index (χ0) is 10.7. The predicted molar refractivity (Wildman–Crippen MR) is 53.8 cm³/mol. The molecule has 0 saturated carbocycles. The molecule has 0 radical (unpaired) electrons. The fourth-order valence-corrected chi connectivity index (χ4v) is 1.45. The van der Waals surface area contributed by atoms with Crippen LogP contribution in [0.1, 0.15) is 6.42 Å². The first-order chi connectivity index (χ1) is 7.25. The van der Waals surface area contributed by atoms with Crippen LogP contribution in [0.25, 0.3) is 0 Å². The van der Waals surface area contributed by atoms with Gasteiger partial charge in [0, 0.05) is 12.6 Å². The van der Waals surface area contributed by atoms with Crippen molar-refractivity contribution in [3.8, 4) is 5.88 Å². The molecule has 6 nitrogen and oxygen atoms in total. The molecule has 0 amide bonds. The molecule has 15 heavy (non-hydrogen) atoms. The Labute approximate surface area is 87.0 Å². The summed E-state index contributed by atoms with van der Waals surface area (Å²) in [5, 5.41) is 22.0. The number of ether oxygens (including phenoxy) is 1. The Balaban J connectivity index is 1.97. The molecule has 1 aliphatic heterocycles. The summed E-state index contributed by atoms with van der Waals surface area (Å²) in [5.74, 6) is 0.467. The van der Waals surface area contributed by atoms with Gasteiger partial charge in [-0.25, -0.2) is 4.98 Å². The van der Waals surface area contributed by atoms with Crippen LogP contribution in [0.4, 0.5) is 5.69 Å². The number of nitrogens with one attached hydrogen (secondary N) is 1. The molecule has 2 heterocycles. The third-order valence-corrected chi connectivity index (χ3v) is 2.24. The van der Waals surface area contributed by atoms with Crippen LogP contribution in [0.3, 0.4) is 0 Å². The molecule has 2 N–H and O–H groups in total. The van der Waals surface area contributed by atoms with Gasteiger partial charge >= 0.3 is 0 Å². The number of anilines is 1. The molecule has 6 heteroatoms. The van der Waals surface area contributed by atoms with Crippen molar-refractivity contribution in [3.05, 3.63) is 23.5 Å². The smallest absolute Gasteiger partial charge is 0.213 e. The van der Waals surface area contributed by atoms with Crippen LogP contribution < -0.4 is 15.3 Å². The Bertz CT molecular complexity index is 309. The summed E-state index contributed by atoms with van der Waals surface area (Å²) in [6.45, 7) is 1.77. The van der Waals surface area contributed by atoms with Crippen LogP contribution in [0.15, 0.2) is 18.3 Å². The fraction of sp³-hybridized carbons (Fsp3) is 0.444. The molecule has 1 saturated heterocycles. The Morgan fingerprint density at radius 1 is 1.60 bits per heavy atom. The van der Waals surface area contributed by atoms with Gasteiger partial charge in [0.2, 0.25) is 5.88 Å². The summed E-state index contributed by atoms with van der Waals surface area (Å²) in [4.78, 5) is 3.91. The molecule has 0 aliphatic carbocycles. The molecule has 1 aromatic heterocycles. The first-order valence-corrected chi connectivity index (χ1v) is 4.75. The van der Waals surface area contributed by atoms with Crippen molar-refractivity contribution in [1.29, 1.82) is 0 Å². The van der Waals surface area contributed by atoms with Gasteiger partial charge in [-0.1, -0.05) is 0 Å². The summed E-state index contributed by atoms with van der Waals surface area (Å²) in [6, 6.07) is 3.02. The summed E-state index contributed by atoms with van der Waals surface area (Å²) >= 11 is 0. The van der Waals surface area contributed by atoms with E-state index in [1.807, 2.05) is 0 Å². The Hall–Kier alpha value is -1.37. The maximum absolute atomic E-state index is 10.5. The highest BCUT2D eigenvalue weighted by atomic mass is 16.8. The average Bonchev–Trinajstić information content (AvgIpc) is 2.71. The van der Waals surface area contributed by atoms with Crippen LogP contribution in [0, 0.1) is 5.21 Å². The van der Waals surface area contributed by atoms with Crippen LogP contribution in [0.2, 0.25) is 0 Å². The number of hydrogen-bond donors (Lipinski definition) is 2. The van der Waals surface area contributed by atoms with Gasteiger partial charge in [-0.3, -0.25) is 5.21 Å². The van der Waals surface area contributed by atoms with Crippen molar-refractivity contribution in [1.82, 2.24) is 10.3 Å². The van der Waals surface area contributed by atoms with Crippen LogP contribution in [-0.4, -0.2) is 29.4 Å². The first-order valence-electron chi connectivity index (χ1n) is 4.75. The monoisotopic (exact) mass is 210 g/mol. The van der Waals surface area contributed by atoms with Gasteiger partial charge in [-0.05, 0) is 19.0 Å². The van der Waals surface area contributed by atoms with E-state index in [-0.39, 0.29) is 17.0 Å². The molecular weight excluding hydrogens is 198 g/mol. The minimum absolute atomic E-state index is 0.0897. The van der Waals surface area contributed by atoms with E-state index in [0.29, 0.717) is 5.88 Å². The number of nitrogens with zero attached hydrogens (tertiary/aromatic N) is 2. The van der Waals surface area contributed by atoms with Crippen LogP contribution in [-0.2, 0) is 0 Å². The van der Waals surface area contributed by atoms with Crippen LogP contribution in [0.5, 0.6) is 5.88 Å². The SMILES string of the molecule is [O-]N(O)c1ccc(O[C@@H]2CCNC2)nc1. The second kappa shape index (κ2) is 4.43. The Kier molecular flexibility index (Phi) is 3.00. The third-order valence-electron chi connectivity index (χ3n) is 2.24. The lowest BCUT2D eigenvalue weighted by Gasteiger charge is -2.21. The highest BCUT2D eigenvalue weighted by Gasteiger charge is 2.16. The molecular formula is C9H12N3O3-. The summed E-state index contributed by atoms with van der Waals surface area (Å²) in [7, 11) is 0. The normalized spacial score (nSPS) is 20.3. The molecule has 1 fully saturated rings. The van der Waals surface area contributed by atoms with Crippen molar-refractivity contribution in [2.75, 3.05) is 18.3 Å². The molecule has 1 aliphatic rings. The van der Waals surface area contributed by atoms with E-state index in [4.69, 9.17) is 9.94 Å². The number of hydrogen-bond acceptors (Lipinski definition) is 6. The first kappa shape index (κ1) is 10.2. The molecule has 0 spiro atoms. The van der Waals surface area contributed by atoms with Gasteiger partial charge in [0.25, 0.3) is 0 Å². The molecule has 82 valence electrons. The van der Waals surface area contributed by atoms with Crippen molar-refractivity contribution < 1.29 is 9.94 Å². The Morgan fingerprint density at radius 3 is 3.00 bits per heavy atom. The van der Waals surface area contributed by atoms with Gasteiger partial charge in [-0.15, -0.1) is 0 Å². The highest BCUT2D eigenvalue weighted by Crippen LogP contribution is 2.16. The van der Waals surface area contributed by atoms with E-state index in [0.717, 1.165) is 19.5 Å². The van der Waals surface area contributed by atoms with Crippen molar-refractivity contribution in [2.24, 2.45) is 0 Å². The van der Waals surface area contributed by atoms with Crippen molar-refractivity contribution in [2.45, 2.75) is 12.5 Å². The largest absolute Gasteiger partial charge is 0.733 e. The van der Waals surface area contributed by atoms with Crippen molar-refractivity contribution in [3.63, 3.8) is 0 Å². The predicted octanol–water partition coefficient (Wildman–Crippen LogP) is 0.516. The summed E-state index contributed by atoms with van der Waals surface area (Å²) < 4.78 is 5.53. The topological polar surface area (TPSA) is 80.7 Å².